The Hall–Kier alpha value is -4.22. The number of halogens is 1. The second kappa shape index (κ2) is 11.5. The van der Waals surface area contributed by atoms with Crippen molar-refractivity contribution in [2.75, 3.05) is 0 Å². The Kier molecular flexibility index (Phi) is 7.47. The van der Waals surface area contributed by atoms with Crippen LogP contribution in [0.2, 0.25) is 5.02 Å². The van der Waals surface area contributed by atoms with Gasteiger partial charge in [-0.2, -0.15) is 4.98 Å². The molecule has 6 rings (SSSR count). The smallest absolute Gasteiger partial charge is 0.295 e. The standard InChI is InChI=1S/C28H23ClN6O4S/c29-19-10-14-21(15-11-19)40-23-6-4-5-22(26(23)35(36)37)28-30-27(33-39-28)18-8-12-20(13-9-18)38-17-25-32-31-24-7-2-1-3-16-34(24)25/h4-6,8-15H,1-3,7,16-17H2. The summed E-state index contributed by atoms with van der Waals surface area (Å²) in [5.41, 5.74) is 0.830. The summed E-state index contributed by atoms with van der Waals surface area (Å²) in [6, 6.07) is 19.4. The number of ether oxygens (including phenoxy) is 1. The maximum absolute atomic E-state index is 12.1. The Morgan fingerprint density at radius 2 is 1.85 bits per heavy atom. The van der Waals surface area contributed by atoms with Gasteiger partial charge < -0.3 is 13.8 Å². The van der Waals surface area contributed by atoms with Gasteiger partial charge in [-0.25, -0.2) is 0 Å². The van der Waals surface area contributed by atoms with E-state index >= 15 is 0 Å². The van der Waals surface area contributed by atoms with E-state index in [9.17, 15) is 10.1 Å². The summed E-state index contributed by atoms with van der Waals surface area (Å²) in [5.74, 6) is 2.89. The van der Waals surface area contributed by atoms with Crippen molar-refractivity contribution in [1.82, 2.24) is 24.9 Å². The summed E-state index contributed by atoms with van der Waals surface area (Å²) in [6.07, 6.45) is 4.40. The molecule has 3 heterocycles. The van der Waals surface area contributed by atoms with Crippen molar-refractivity contribution < 1.29 is 14.2 Å². The Morgan fingerprint density at radius 3 is 2.65 bits per heavy atom. The molecular formula is C28H23ClN6O4S. The molecule has 0 spiro atoms. The minimum atomic E-state index is -0.433. The zero-order chi connectivity index (χ0) is 27.5. The lowest BCUT2D eigenvalue weighted by Gasteiger charge is -2.09. The van der Waals surface area contributed by atoms with E-state index in [1.54, 1.807) is 30.3 Å². The highest BCUT2D eigenvalue weighted by atomic mass is 35.5. The summed E-state index contributed by atoms with van der Waals surface area (Å²) in [4.78, 5) is 17.4. The molecule has 10 nitrogen and oxygen atoms in total. The van der Waals surface area contributed by atoms with Crippen LogP contribution < -0.4 is 4.74 Å². The van der Waals surface area contributed by atoms with E-state index in [0.29, 0.717) is 33.7 Å². The normalized spacial score (nSPS) is 13.0. The van der Waals surface area contributed by atoms with E-state index in [2.05, 4.69) is 24.9 Å². The van der Waals surface area contributed by atoms with Gasteiger partial charge in [-0.15, -0.1) is 10.2 Å². The quantitative estimate of drug-likeness (QED) is 0.142. The molecule has 0 fully saturated rings. The largest absolute Gasteiger partial charge is 0.486 e. The fourth-order valence-electron chi connectivity index (χ4n) is 4.55. The van der Waals surface area contributed by atoms with Gasteiger partial charge in [-0.1, -0.05) is 41.0 Å². The summed E-state index contributed by atoms with van der Waals surface area (Å²) in [6.45, 7) is 1.24. The first-order valence-corrected chi connectivity index (χ1v) is 13.9. The van der Waals surface area contributed by atoms with Gasteiger partial charge in [0.05, 0.1) is 9.82 Å². The molecule has 0 atom stereocenters. The van der Waals surface area contributed by atoms with Gasteiger partial charge in [0.2, 0.25) is 5.82 Å². The molecule has 1 aliphatic heterocycles. The number of aromatic nitrogens is 5. The van der Waals surface area contributed by atoms with Crippen LogP contribution in [0.5, 0.6) is 5.75 Å². The number of hydrogen-bond donors (Lipinski definition) is 0. The SMILES string of the molecule is O=[N+]([O-])c1c(Sc2ccc(Cl)cc2)cccc1-c1nc(-c2ccc(OCc3nnc4n3CCCCC4)cc2)no1. The lowest BCUT2D eigenvalue weighted by Crippen LogP contribution is -2.08. The van der Waals surface area contributed by atoms with Crippen molar-refractivity contribution >= 4 is 29.1 Å². The van der Waals surface area contributed by atoms with Gasteiger partial charge >= 0.3 is 0 Å². The summed E-state index contributed by atoms with van der Waals surface area (Å²) in [7, 11) is 0. The molecule has 202 valence electrons. The molecular weight excluding hydrogens is 552 g/mol. The van der Waals surface area contributed by atoms with Crippen LogP contribution in [0.25, 0.3) is 22.8 Å². The van der Waals surface area contributed by atoms with Crippen LogP contribution >= 0.6 is 23.4 Å². The fourth-order valence-corrected chi connectivity index (χ4v) is 5.63. The predicted molar refractivity (Wildman–Crippen MR) is 149 cm³/mol. The van der Waals surface area contributed by atoms with Crippen LogP contribution in [-0.4, -0.2) is 29.8 Å². The Bertz CT molecular complexity index is 1650. The van der Waals surface area contributed by atoms with E-state index in [1.807, 2.05) is 36.4 Å². The molecule has 0 N–H and O–H groups in total. The Labute approximate surface area is 238 Å². The zero-order valence-corrected chi connectivity index (χ0v) is 22.8. The number of nitro benzene ring substituents is 1. The van der Waals surface area contributed by atoms with Crippen LogP contribution in [0, 0.1) is 10.1 Å². The molecule has 0 saturated carbocycles. The second-order valence-electron chi connectivity index (χ2n) is 9.20. The third-order valence-electron chi connectivity index (χ3n) is 6.55. The van der Waals surface area contributed by atoms with Gasteiger partial charge in [-0.3, -0.25) is 10.1 Å². The molecule has 1 aliphatic rings. The molecule has 0 amide bonds. The average molecular weight is 575 g/mol. The number of para-hydroxylation sites is 1. The number of aryl methyl sites for hydroxylation is 1. The second-order valence-corrected chi connectivity index (χ2v) is 10.7. The van der Waals surface area contributed by atoms with Crippen LogP contribution in [0.3, 0.4) is 0 Å². The molecule has 3 aromatic carbocycles. The van der Waals surface area contributed by atoms with Crippen LogP contribution in [0.4, 0.5) is 5.69 Å². The fraction of sp³-hybridized carbons (Fsp3) is 0.214. The van der Waals surface area contributed by atoms with Crippen molar-refractivity contribution in [3.05, 3.63) is 93.5 Å². The number of hydrogen-bond acceptors (Lipinski definition) is 9. The van der Waals surface area contributed by atoms with Crippen LogP contribution in [0.1, 0.15) is 30.9 Å². The molecule has 12 heteroatoms. The minimum Gasteiger partial charge on any atom is -0.486 e. The highest BCUT2D eigenvalue weighted by molar-refractivity contribution is 7.99. The van der Waals surface area contributed by atoms with Crippen molar-refractivity contribution in [1.29, 1.82) is 0 Å². The Balaban J connectivity index is 1.19. The molecule has 0 aliphatic carbocycles. The summed E-state index contributed by atoms with van der Waals surface area (Å²) >= 11 is 7.23. The Morgan fingerprint density at radius 1 is 1.02 bits per heavy atom. The number of rotatable bonds is 8. The third-order valence-corrected chi connectivity index (χ3v) is 7.86. The lowest BCUT2D eigenvalue weighted by molar-refractivity contribution is -0.387. The van der Waals surface area contributed by atoms with E-state index in [0.717, 1.165) is 42.4 Å². The van der Waals surface area contributed by atoms with E-state index < -0.39 is 4.92 Å². The van der Waals surface area contributed by atoms with Gasteiger partial charge in [0.15, 0.2) is 5.82 Å². The first-order chi connectivity index (χ1) is 19.5. The van der Waals surface area contributed by atoms with Gasteiger partial charge in [-0.05, 0) is 73.5 Å². The maximum Gasteiger partial charge on any atom is 0.295 e. The molecule has 2 aromatic heterocycles. The van der Waals surface area contributed by atoms with E-state index in [-0.39, 0.29) is 17.1 Å². The maximum atomic E-state index is 12.1. The van der Waals surface area contributed by atoms with E-state index in [1.165, 1.54) is 18.2 Å². The van der Waals surface area contributed by atoms with Gasteiger partial charge in [0.1, 0.15) is 23.7 Å². The zero-order valence-electron chi connectivity index (χ0n) is 21.2. The molecule has 40 heavy (non-hydrogen) atoms. The first kappa shape index (κ1) is 26.0. The van der Waals surface area contributed by atoms with Crippen LogP contribution in [0.15, 0.2) is 81.0 Å². The highest BCUT2D eigenvalue weighted by Crippen LogP contribution is 2.41. The molecule has 5 aromatic rings. The number of nitro groups is 1. The predicted octanol–water partition coefficient (Wildman–Crippen LogP) is 7.01. The summed E-state index contributed by atoms with van der Waals surface area (Å²) in [5, 5.41) is 25.4. The molecule has 0 radical (unpaired) electrons. The first-order valence-electron chi connectivity index (χ1n) is 12.7. The van der Waals surface area contributed by atoms with Gasteiger partial charge in [0, 0.05) is 28.4 Å². The molecule has 0 saturated heterocycles. The topological polar surface area (TPSA) is 122 Å². The number of benzene rings is 3. The highest BCUT2D eigenvalue weighted by Gasteiger charge is 2.26. The van der Waals surface area contributed by atoms with Crippen molar-refractivity contribution in [3.63, 3.8) is 0 Å². The van der Waals surface area contributed by atoms with Crippen molar-refractivity contribution in [2.24, 2.45) is 0 Å². The van der Waals surface area contributed by atoms with E-state index in [4.69, 9.17) is 20.9 Å². The number of nitrogens with zero attached hydrogens (tertiary/aromatic N) is 6. The molecule has 0 unspecified atom stereocenters. The minimum absolute atomic E-state index is 0.0630. The third kappa shape index (κ3) is 5.56. The lowest BCUT2D eigenvalue weighted by atomic mass is 10.1. The monoisotopic (exact) mass is 574 g/mol. The van der Waals surface area contributed by atoms with Gasteiger partial charge in [0.25, 0.3) is 11.6 Å². The van der Waals surface area contributed by atoms with Crippen molar-refractivity contribution in [3.8, 4) is 28.6 Å². The van der Waals surface area contributed by atoms with Crippen molar-refractivity contribution in [2.45, 2.75) is 48.6 Å². The number of fused-ring (bicyclic) bond motifs is 1. The summed E-state index contributed by atoms with van der Waals surface area (Å²) < 4.78 is 13.6. The van der Waals surface area contributed by atoms with Crippen LogP contribution in [-0.2, 0) is 19.6 Å². The molecule has 0 bridgehead atoms. The average Bonchev–Trinajstić information content (AvgIpc) is 3.54.